The van der Waals surface area contributed by atoms with Crippen LogP contribution >= 0.6 is 11.6 Å². The van der Waals surface area contributed by atoms with E-state index in [2.05, 4.69) is 0 Å². The molecule has 18 heavy (non-hydrogen) atoms. The van der Waals surface area contributed by atoms with Gasteiger partial charge in [-0.25, -0.2) is 0 Å². The van der Waals surface area contributed by atoms with E-state index < -0.39 is 0 Å². The molecule has 1 N–H and O–H groups in total. The Kier molecular flexibility index (Phi) is 3.18. The third-order valence-corrected chi connectivity index (χ3v) is 4.39. The summed E-state index contributed by atoms with van der Waals surface area (Å²) in [5.74, 6) is 0. The standard InChI is InChI=1S/C15H17ClO2/c16-13-3-1-11(2-4-13)14-7-15(9-18-10-15)6-5-12(14)8-17/h1-4,17H,5-10H2. The number of hydrogen-bond acceptors (Lipinski definition) is 2. The Labute approximate surface area is 112 Å². The summed E-state index contributed by atoms with van der Waals surface area (Å²) in [5, 5.41) is 10.3. The van der Waals surface area contributed by atoms with Crippen LogP contribution in [0.5, 0.6) is 0 Å². The molecule has 96 valence electrons. The Morgan fingerprint density at radius 1 is 1.22 bits per heavy atom. The van der Waals surface area contributed by atoms with E-state index in [1.807, 2.05) is 24.3 Å². The normalized spacial score (nSPS) is 22.1. The van der Waals surface area contributed by atoms with Crippen molar-refractivity contribution in [2.45, 2.75) is 19.3 Å². The van der Waals surface area contributed by atoms with Crippen LogP contribution in [0.3, 0.4) is 0 Å². The van der Waals surface area contributed by atoms with E-state index in [9.17, 15) is 5.11 Å². The van der Waals surface area contributed by atoms with Crippen LogP contribution in [-0.2, 0) is 4.74 Å². The second-order valence-corrected chi connectivity index (χ2v) is 5.85. The highest BCUT2D eigenvalue weighted by atomic mass is 35.5. The summed E-state index contributed by atoms with van der Waals surface area (Å²) in [5.41, 5.74) is 3.99. The lowest BCUT2D eigenvalue weighted by Gasteiger charge is -2.45. The molecule has 3 rings (SSSR count). The van der Waals surface area contributed by atoms with Crippen LogP contribution in [-0.4, -0.2) is 24.9 Å². The minimum absolute atomic E-state index is 0.162. The molecule has 3 heteroatoms. The first kappa shape index (κ1) is 12.2. The topological polar surface area (TPSA) is 29.5 Å². The van der Waals surface area contributed by atoms with Crippen molar-refractivity contribution in [2.24, 2.45) is 5.41 Å². The summed E-state index contributed by atoms with van der Waals surface area (Å²) in [6.07, 6.45) is 3.14. The van der Waals surface area contributed by atoms with E-state index >= 15 is 0 Å². The van der Waals surface area contributed by atoms with Gasteiger partial charge in [-0.15, -0.1) is 0 Å². The fourth-order valence-corrected chi connectivity index (χ4v) is 3.05. The monoisotopic (exact) mass is 264 g/mol. The summed E-state index contributed by atoms with van der Waals surface area (Å²) in [6.45, 7) is 1.89. The van der Waals surface area contributed by atoms with Gasteiger partial charge in [-0.3, -0.25) is 0 Å². The lowest BCUT2D eigenvalue weighted by atomic mass is 9.69. The molecule has 0 unspecified atom stereocenters. The third-order valence-electron chi connectivity index (χ3n) is 4.14. The molecule has 1 aliphatic heterocycles. The van der Waals surface area contributed by atoms with Crippen LogP contribution in [0.2, 0.25) is 5.02 Å². The molecule has 0 atom stereocenters. The van der Waals surface area contributed by atoms with E-state index in [-0.39, 0.29) is 6.61 Å². The van der Waals surface area contributed by atoms with Gasteiger partial charge in [-0.1, -0.05) is 23.7 Å². The predicted molar refractivity (Wildman–Crippen MR) is 72.6 cm³/mol. The van der Waals surface area contributed by atoms with Gasteiger partial charge in [0.15, 0.2) is 0 Å². The zero-order valence-electron chi connectivity index (χ0n) is 10.3. The molecule has 0 radical (unpaired) electrons. The summed E-state index contributed by atoms with van der Waals surface area (Å²) < 4.78 is 5.38. The average Bonchev–Trinajstić information content (AvgIpc) is 2.37. The van der Waals surface area contributed by atoms with Crippen molar-refractivity contribution in [1.29, 1.82) is 0 Å². The third kappa shape index (κ3) is 2.09. The van der Waals surface area contributed by atoms with Crippen molar-refractivity contribution >= 4 is 17.2 Å². The molecule has 1 aromatic rings. The molecule has 1 aliphatic carbocycles. The Morgan fingerprint density at radius 2 is 1.94 bits per heavy atom. The summed E-state index contributed by atoms with van der Waals surface area (Å²) in [7, 11) is 0. The van der Waals surface area contributed by atoms with Crippen LogP contribution in [0.4, 0.5) is 0 Å². The Hall–Kier alpha value is -0.830. The Morgan fingerprint density at radius 3 is 2.50 bits per heavy atom. The number of aliphatic hydroxyl groups is 1. The zero-order chi connectivity index (χ0) is 12.6. The maximum Gasteiger partial charge on any atom is 0.0647 e. The average molecular weight is 265 g/mol. The number of ether oxygens (including phenoxy) is 1. The van der Waals surface area contributed by atoms with Crippen molar-refractivity contribution < 1.29 is 9.84 Å². The van der Waals surface area contributed by atoms with Crippen molar-refractivity contribution in [3.8, 4) is 0 Å². The van der Waals surface area contributed by atoms with Gasteiger partial charge in [0.1, 0.15) is 0 Å². The maximum atomic E-state index is 9.52. The fourth-order valence-electron chi connectivity index (χ4n) is 2.92. The molecule has 1 heterocycles. The Balaban J connectivity index is 1.94. The van der Waals surface area contributed by atoms with Gasteiger partial charge in [0.2, 0.25) is 0 Å². The summed E-state index contributed by atoms with van der Waals surface area (Å²) in [6, 6.07) is 7.92. The van der Waals surface area contributed by atoms with E-state index in [0.717, 1.165) is 37.5 Å². The van der Waals surface area contributed by atoms with E-state index in [0.29, 0.717) is 5.41 Å². The quantitative estimate of drug-likeness (QED) is 0.888. The lowest BCUT2D eigenvalue weighted by molar-refractivity contribution is -0.116. The number of hydrogen-bond donors (Lipinski definition) is 1. The second kappa shape index (κ2) is 4.69. The first-order chi connectivity index (χ1) is 8.72. The predicted octanol–water partition coefficient (Wildman–Crippen LogP) is 3.29. The molecule has 0 saturated carbocycles. The molecule has 2 aliphatic rings. The van der Waals surface area contributed by atoms with Gasteiger partial charge in [0.05, 0.1) is 19.8 Å². The largest absolute Gasteiger partial charge is 0.392 e. The van der Waals surface area contributed by atoms with Crippen molar-refractivity contribution in [2.75, 3.05) is 19.8 Å². The highest BCUT2D eigenvalue weighted by Gasteiger charge is 2.41. The van der Waals surface area contributed by atoms with Gasteiger partial charge in [0.25, 0.3) is 0 Å². The molecule has 2 nitrogen and oxygen atoms in total. The first-order valence-electron chi connectivity index (χ1n) is 6.38. The summed E-state index contributed by atoms with van der Waals surface area (Å²) in [4.78, 5) is 0. The number of halogens is 1. The highest BCUT2D eigenvalue weighted by molar-refractivity contribution is 6.30. The van der Waals surface area contributed by atoms with Gasteiger partial charge < -0.3 is 9.84 Å². The number of aliphatic hydroxyl groups excluding tert-OH is 1. The summed E-state index contributed by atoms with van der Waals surface area (Å²) >= 11 is 5.93. The number of allylic oxidation sites excluding steroid dienone is 1. The van der Waals surface area contributed by atoms with Crippen molar-refractivity contribution in [3.63, 3.8) is 0 Å². The maximum absolute atomic E-state index is 9.52. The first-order valence-corrected chi connectivity index (χ1v) is 6.76. The van der Waals surface area contributed by atoms with Crippen LogP contribution in [0, 0.1) is 5.41 Å². The van der Waals surface area contributed by atoms with Gasteiger partial charge >= 0.3 is 0 Å². The van der Waals surface area contributed by atoms with Gasteiger partial charge in [0, 0.05) is 10.4 Å². The fraction of sp³-hybridized carbons (Fsp3) is 0.467. The lowest BCUT2D eigenvalue weighted by Crippen LogP contribution is -2.44. The molecule has 1 aromatic carbocycles. The van der Waals surface area contributed by atoms with Crippen molar-refractivity contribution in [3.05, 3.63) is 40.4 Å². The molecule has 1 spiro atoms. The van der Waals surface area contributed by atoms with Crippen molar-refractivity contribution in [1.82, 2.24) is 0 Å². The van der Waals surface area contributed by atoms with E-state index in [4.69, 9.17) is 16.3 Å². The van der Waals surface area contributed by atoms with E-state index in [1.54, 1.807) is 0 Å². The molecular formula is C15H17ClO2. The number of rotatable bonds is 2. The second-order valence-electron chi connectivity index (χ2n) is 5.42. The van der Waals surface area contributed by atoms with Crippen LogP contribution in [0.15, 0.2) is 29.8 Å². The molecule has 1 saturated heterocycles. The van der Waals surface area contributed by atoms with Crippen LogP contribution in [0.25, 0.3) is 5.57 Å². The minimum Gasteiger partial charge on any atom is -0.392 e. The van der Waals surface area contributed by atoms with Gasteiger partial charge in [-0.2, -0.15) is 0 Å². The minimum atomic E-state index is 0.162. The molecule has 0 amide bonds. The van der Waals surface area contributed by atoms with E-state index in [1.165, 1.54) is 16.7 Å². The number of benzene rings is 1. The molecule has 1 fully saturated rings. The molecular weight excluding hydrogens is 248 g/mol. The molecule has 0 bridgehead atoms. The van der Waals surface area contributed by atoms with Crippen LogP contribution in [0.1, 0.15) is 24.8 Å². The smallest absolute Gasteiger partial charge is 0.0647 e. The Bertz CT molecular complexity index is 472. The van der Waals surface area contributed by atoms with Crippen LogP contribution < -0.4 is 0 Å². The molecule has 0 aromatic heterocycles. The zero-order valence-corrected chi connectivity index (χ0v) is 11.0. The highest BCUT2D eigenvalue weighted by Crippen LogP contribution is 2.47. The SMILES string of the molecule is OCC1=C(c2ccc(Cl)cc2)CC2(CC1)COC2. The van der Waals surface area contributed by atoms with Gasteiger partial charge in [-0.05, 0) is 48.1 Å².